The molecule has 1 aliphatic heterocycles. The Morgan fingerprint density at radius 3 is 2.30 bits per heavy atom. The molecule has 37 heavy (non-hydrogen) atoms. The van der Waals surface area contributed by atoms with Crippen molar-refractivity contribution in [3.63, 3.8) is 0 Å². The molecule has 2 heterocycles. The summed E-state index contributed by atoms with van der Waals surface area (Å²) in [5, 5.41) is 14.2. The molecule has 0 bridgehead atoms. The third kappa shape index (κ3) is 6.34. The van der Waals surface area contributed by atoms with Gasteiger partial charge in [-0.3, -0.25) is 4.90 Å². The van der Waals surface area contributed by atoms with Crippen molar-refractivity contribution < 1.29 is 12.8 Å². The number of sulfonamides is 1. The van der Waals surface area contributed by atoms with Gasteiger partial charge in [-0.15, -0.1) is 22.0 Å². The van der Waals surface area contributed by atoms with Crippen molar-refractivity contribution in [2.45, 2.75) is 22.1 Å². The molecule has 5 rings (SSSR count). The highest BCUT2D eigenvalue weighted by atomic mass is 35.5. The number of nitrogens with two attached hydrogens (primary N) is 1. The van der Waals surface area contributed by atoms with Crippen LogP contribution in [0.1, 0.15) is 11.5 Å². The number of nitrogens with zero attached hydrogens (tertiary/aromatic N) is 4. The van der Waals surface area contributed by atoms with Crippen molar-refractivity contribution in [3.05, 3.63) is 89.3 Å². The third-order valence-electron chi connectivity index (χ3n) is 6.13. The van der Waals surface area contributed by atoms with Gasteiger partial charge in [0, 0.05) is 42.5 Å². The van der Waals surface area contributed by atoms with Crippen LogP contribution in [0.4, 0.5) is 5.69 Å². The zero-order chi connectivity index (χ0) is 25.8. The predicted molar refractivity (Wildman–Crippen MR) is 146 cm³/mol. The van der Waals surface area contributed by atoms with E-state index in [4.69, 9.17) is 21.2 Å². The number of anilines is 1. The second-order valence-electron chi connectivity index (χ2n) is 8.70. The largest absolute Gasteiger partial charge is 0.419 e. The molecule has 1 aliphatic rings. The summed E-state index contributed by atoms with van der Waals surface area (Å²) in [6.45, 7) is 4.01. The van der Waals surface area contributed by atoms with Gasteiger partial charge in [0.05, 0.1) is 22.0 Å². The molecule has 0 atom stereocenters. The normalized spacial score (nSPS) is 14.7. The number of primary sulfonamides is 1. The molecule has 4 aromatic rings. The lowest BCUT2D eigenvalue weighted by atomic mass is 10.2. The van der Waals surface area contributed by atoms with Gasteiger partial charge in [-0.2, -0.15) is 0 Å². The molecule has 0 saturated carbocycles. The summed E-state index contributed by atoms with van der Waals surface area (Å²) < 4.78 is 30.7. The van der Waals surface area contributed by atoms with Crippen molar-refractivity contribution in [3.8, 4) is 11.5 Å². The maximum Gasteiger partial charge on any atom is 0.249 e. The molecule has 0 unspecified atom stereocenters. The summed E-state index contributed by atoms with van der Waals surface area (Å²) in [4.78, 5) is 5.04. The van der Waals surface area contributed by atoms with Crippen molar-refractivity contribution >= 4 is 39.1 Å². The molecule has 192 valence electrons. The maximum atomic E-state index is 12.4. The van der Waals surface area contributed by atoms with Gasteiger partial charge in [-0.1, -0.05) is 60.1 Å². The van der Waals surface area contributed by atoms with E-state index in [9.17, 15) is 8.42 Å². The molecule has 8 nitrogen and oxygen atoms in total. The number of aromatic nitrogens is 2. The van der Waals surface area contributed by atoms with Crippen LogP contribution in [-0.4, -0.2) is 49.7 Å². The number of piperazine rings is 1. The molecule has 1 fully saturated rings. The van der Waals surface area contributed by atoms with E-state index < -0.39 is 10.0 Å². The van der Waals surface area contributed by atoms with E-state index >= 15 is 0 Å². The van der Waals surface area contributed by atoms with Crippen LogP contribution < -0.4 is 10.0 Å². The quantitative estimate of drug-likeness (QED) is 0.313. The summed E-state index contributed by atoms with van der Waals surface area (Å²) in [7, 11) is -4.01. The van der Waals surface area contributed by atoms with Crippen LogP contribution in [0.3, 0.4) is 0 Å². The first-order valence-corrected chi connectivity index (χ1v) is 14.7. The van der Waals surface area contributed by atoms with Crippen molar-refractivity contribution in [2.75, 3.05) is 31.1 Å². The minimum atomic E-state index is -4.01. The highest BCUT2D eigenvalue weighted by Gasteiger charge is 2.23. The Morgan fingerprint density at radius 1 is 0.946 bits per heavy atom. The average Bonchev–Trinajstić information content (AvgIpc) is 3.36. The van der Waals surface area contributed by atoms with E-state index in [2.05, 4.69) is 32.1 Å². The van der Waals surface area contributed by atoms with Gasteiger partial charge in [0.2, 0.25) is 21.8 Å². The smallest absolute Gasteiger partial charge is 0.249 e. The first kappa shape index (κ1) is 25.7. The Morgan fingerprint density at radius 2 is 1.62 bits per heavy atom. The van der Waals surface area contributed by atoms with E-state index in [1.54, 1.807) is 6.07 Å². The Bertz CT molecular complexity index is 1460. The second kappa shape index (κ2) is 11.2. The maximum absolute atomic E-state index is 12.4. The SMILES string of the molecule is NS(=O)(=O)c1cc(-c2nnc(CN3CCN(c4ccccc4)CC3)o2)c(Cl)cc1SCc1ccccc1. The molecule has 3 aromatic carbocycles. The van der Waals surface area contributed by atoms with Gasteiger partial charge in [0.15, 0.2) is 0 Å². The summed E-state index contributed by atoms with van der Waals surface area (Å²) in [5.41, 5.74) is 2.61. The number of para-hydroxylation sites is 1. The molecular weight excluding hydrogens is 530 g/mol. The number of hydrogen-bond donors (Lipinski definition) is 1. The van der Waals surface area contributed by atoms with Crippen LogP contribution >= 0.6 is 23.4 Å². The molecule has 0 spiro atoms. The van der Waals surface area contributed by atoms with Gasteiger partial charge in [0.1, 0.15) is 0 Å². The number of halogens is 1. The predicted octanol–water partition coefficient (Wildman–Crippen LogP) is 4.65. The highest BCUT2D eigenvalue weighted by molar-refractivity contribution is 7.99. The van der Waals surface area contributed by atoms with Crippen LogP contribution in [-0.2, 0) is 22.3 Å². The van der Waals surface area contributed by atoms with Gasteiger partial charge < -0.3 is 9.32 Å². The van der Waals surface area contributed by atoms with E-state index in [0.29, 0.717) is 33.7 Å². The van der Waals surface area contributed by atoms with Gasteiger partial charge in [0.25, 0.3) is 0 Å². The van der Waals surface area contributed by atoms with Crippen molar-refractivity contribution in [2.24, 2.45) is 5.14 Å². The van der Waals surface area contributed by atoms with E-state index in [1.807, 2.05) is 48.5 Å². The van der Waals surface area contributed by atoms with E-state index in [0.717, 1.165) is 31.7 Å². The van der Waals surface area contributed by atoms with Gasteiger partial charge >= 0.3 is 0 Å². The summed E-state index contributed by atoms with van der Waals surface area (Å²) in [6.07, 6.45) is 0. The van der Waals surface area contributed by atoms with Gasteiger partial charge in [-0.25, -0.2) is 13.6 Å². The monoisotopic (exact) mass is 555 g/mol. The number of hydrogen-bond acceptors (Lipinski definition) is 8. The number of benzene rings is 3. The zero-order valence-electron chi connectivity index (χ0n) is 20.0. The highest BCUT2D eigenvalue weighted by Crippen LogP contribution is 2.37. The van der Waals surface area contributed by atoms with Crippen molar-refractivity contribution in [1.29, 1.82) is 0 Å². The summed E-state index contributed by atoms with van der Waals surface area (Å²) in [5.74, 6) is 1.17. The Hall–Kier alpha value is -2.89. The molecule has 0 amide bonds. The molecule has 0 radical (unpaired) electrons. The second-order valence-corrected chi connectivity index (χ2v) is 11.7. The van der Waals surface area contributed by atoms with Crippen LogP contribution in [0, 0.1) is 0 Å². The molecule has 1 saturated heterocycles. The Labute approximate surface area is 225 Å². The van der Waals surface area contributed by atoms with E-state index in [-0.39, 0.29) is 10.8 Å². The first-order chi connectivity index (χ1) is 17.9. The molecule has 2 N–H and O–H groups in total. The van der Waals surface area contributed by atoms with Crippen LogP contribution in [0.15, 0.2) is 87.0 Å². The van der Waals surface area contributed by atoms with Crippen LogP contribution in [0.25, 0.3) is 11.5 Å². The lowest BCUT2D eigenvalue weighted by Crippen LogP contribution is -2.46. The third-order valence-corrected chi connectivity index (χ3v) is 8.65. The Kier molecular flexibility index (Phi) is 7.82. The molecule has 11 heteroatoms. The molecular formula is C26H26ClN5O3S2. The average molecular weight is 556 g/mol. The van der Waals surface area contributed by atoms with Crippen molar-refractivity contribution in [1.82, 2.24) is 15.1 Å². The standard InChI is InChI=1S/C26H26ClN5O3S2/c27-22-16-23(36-18-19-7-3-1-4-8-19)24(37(28,33)34)15-21(22)26-30-29-25(35-26)17-31-11-13-32(14-12-31)20-9-5-2-6-10-20/h1-10,15-16H,11-14,17-18H2,(H2,28,33,34). The fourth-order valence-corrected chi connectivity index (χ4v) is 6.56. The van der Waals surface area contributed by atoms with Crippen LogP contribution in [0.5, 0.6) is 0 Å². The lowest BCUT2D eigenvalue weighted by molar-refractivity contribution is 0.227. The minimum absolute atomic E-state index is 0.0235. The van der Waals surface area contributed by atoms with E-state index in [1.165, 1.54) is 23.5 Å². The number of rotatable bonds is 8. The summed E-state index contributed by atoms with van der Waals surface area (Å²) in [6, 6.07) is 23.1. The fourth-order valence-electron chi connectivity index (χ4n) is 4.19. The fraction of sp³-hybridized carbons (Fsp3) is 0.231. The topological polar surface area (TPSA) is 106 Å². The number of thioether (sulfide) groups is 1. The minimum Gasteiger partial charge on any atom is -0.419 e. The zero-order valence-corrected chi connectivity index (χ0v) is 22.3. The van der Waals surface area contributed by atoms with Gasteiger partial charge in [-0.05, 0) is 29.8 Å². The summed E-state index contributed by atoms with van der Waals surface area (Å²) >= 11 is 7.90. The molecule has 0 aliphatic carbocycles. The Balaban J connectivity index is 1.29. The molecule has 1 aromatic heterocycles. The van der Waals surface area contributed by atoms with Crippen LogP contribution in [0.2, 0.25) is 5.02 Å². The first-order valence-electron chi connectivity index (χ1n) is 11.7. The lowest BCUT2D eigenvalue weighted by Gasteiger charge is -2.35.